The first-order chi connectivity index (χ1) is 16.9. The van der Waals surface area contributed by atoms with Crippen LogP contribution in [0.4, 0.5) is 13.2 Å². The van der Waals surface area contributed by atoms with Gasteiger partial charge in [0.1, 0.15) is 17.5 Å². The van der Waals surface area contributed by atoms with Crippen LogP contribution in [0.25, 0.3) is 10.8 Å². The molecule has 4 aromatic carbocycles. The Bertz CT molecular complexity index is 1290. The summed E-state index contributed by atoms with van der Waals surface area (Å²) in [5.74, 6) is -2.46. The normalized spacial score (nSPS) is 12.9. The van der Waals surface area contributed by atoms with E-state index in [9.17, 15) is 23.1 Å². The lowest BCUT2D eigenvalue weighted by atomic mass is 9.99. The minimum atomic E-state index is -1.07. The lowest BCUT2D eigenvalue weighted by molar-refractivity contribution is 0.0831. The van der Waals surface area contributed by atoms with E-state index >= 15 is 0 Å². The van der Waals surface area contributed by atoms with Gasteiger partial charge in [-0.2, -0.15) is 0 Å². The van der Waals surface area contributed by atoms with E-state index in [2.05, 4.69) is 10.6 Å². The Morgan fingerprint density at radius 2 is 1.46 bits per heavy atom. The molecule has 35 heavy (non-hydrogen) atoms. The van der Waals surface area contributed by atoms with Crippen molar-refractivity contribution in [2.75, 3.05) is 6.54 Å². The van der Waals surface area contributed by atoms with E-state index in [1.54, 1.807) is 24.3 Å². The van der Waals surface area contributed by atoms with Crippen molar-refractivity contribution in [1.29, 1.82) is 0 Å². The molecular weight excluding hydrogens is 453 g/mol. The van der Waals surface area contributed by atoms with Crippen molar-refractivity contribution in [3.8, 4) is 0 Å². The second-order valence-corrected chi connectivity index (χ2v) is 8.39. The van der Waals surface area contributed by atoms with Gasteiger partial charge in [0.25, 0.3) is 5.91 Å². The maximum Gasteiger partial charge on any atom is 0.252 e. The fourth-order valence-corrected chi connectivity index (χ4v) is 4.07. The Morgan fingerprint density at radius 3 is 2.17 bits per heavy atom. The summed E-state index contributed by atoms with van der Waals surface area (Å²) in [6.45, 7) is 0.623. The summed E-state index contributed by atoms with van der Waals surface area (Å²) < 4.78 is 41.8. The van der Waals surface area contributed by atoms with Crippen molar-refractivity contribution in [2.45, 2.75) is 25.1 Å². The summed E-state index contributed by atoms with van der Waals surface area (Å²) in [6.07, 6.45) is -1.08. The Morgan fingerprint density at radius 1 is 0.800 bits per heavy atom. The zero-order valence-electron chi connectivity index (χ0n) is 18.8. The highest BCUT2D eigenvalue weighted by atomic mass is 19.1. The summed E-state index contributed by atoms with van der Waals surface area (Å²) in [4.78, 5) is 13.2. The highest BCUT2D eigenvalue weighted by molar-refractivity contribution is 6.07. The second kappa shape index (κ2) is 11.2. The van der Waals surface area contributed by atoms with Crippen LogP contribution >= 0.6 is 0 Å². The molecule has 0 aliphatic heterocycles. The smallest absolute Gasteiger partial charge is 0.252 e. The van der Waals surface area contributed by atoms with Crippen LogP contribution in [0, 0.1) is 17.5 Å². The van der Waals surface area contributed by atoms with Crippen LogP contribution in [0.3, 0.4) is 0 Å². The molecule has 180 valence electrons. The number of rotatable bonds is 9. The third-order valence-corrected chi connectivity index (χ3v) is 5.80. The first-order valence-corrected chi connectivity index (χ1v) is 11.3. The van der Waals surface area contributed by atoms with Gasteiger partial charge in [-0.3, -0.25) is 4.79 Å². The molecule has 0 radical (unpaired) electrons. The van der Waals surface area contributed by atoms with Crippen LogP contribution in [0.5, 0.6) is 0 Å². The van der Waals surface area contributed by atoms with Gasteiger partial charge in [-0.05, 0) is 47.2 Å². The van der Waals surface area contributed by atoms with Crippen molar-refractivity contribution in [3.63, 3.8) is 0 Å². The molecule has 2 unspecified atom stereocenters. The molecule has 2 atom stereocenters. The van der Waals surface area contributed by atoms with Crippen molar-refractivity contribution in [1.82, 2.24) is 10.6 Å². The zero-order chi connectivity index (χ0) is 24.8. The highest BCUT2D eigenvalue weighted by Crippen LogP contribution is 2.22. The number of carbonyl (C=O) groups is 1. The van der Waals surface area contributed by atoms with Gasteiger partial charge in [0.2, 0.25) is 0 Å². The molecule has 0 bridgehead atoms. The molecule has 0 fully saturated rings. The van der Waals surface area contributed by atoms with Gasteiger partial charge in [0.15, 0.2) is 0 Å². The van der Waals surface area contributed by atoms with E-state index in [1.165, 1.54) is 24.3 Å². The van der Waals surface area contributed by atoms with Gasteiger partial charge in [-0.25, -0.2) is 13.2 Å². The Balaban J connectivity index is 1.54. The van der Waals surface area contributed by atoms with Gasteiger partial charge in [-0.15, -0.1) is 0 Å². The van der Waals surface area contributed by atoms with E-state index in [4.69, 9.17) is 0 Å². The van der Waals surface area contributed by atoms with Crippen molar-refractivity contribution in [2.24, 2.45) is 0 Å². The number of carbonyl (C=O) groups excluding carboxylic acids is 1. The average Bonchev–Trinajstić information content (AvgIpc) is 2.84. The van der Waals surface area contributed by atoms with Crippen LogP contribution < -0.4 is 10.6 Å². The molecule has 4 nitrogen and oxygen atoms in total. The predicted molar refractivity (Wildman–Crippen MR) is 129 cm³/mol. The molecule has 0 spiro atoms. The molecule has 0 saturated carbocycles. The maximum atomic E-state index is 14.2. The summed E-state index contributed by atoms with van der Waals surface area (Å²) in [6, 6.07) is 21.0. The number of amides is 1. The summed E-state index contributed by atoms with van der Waals surface area (Å²) in [5, 5.41) is 17.6. The quantitative estimate of drug-likeness (QED) is 0.325. The van der Waals surface area contributed by atoms with Crippen LogP contribution in [-0.2, 0) is 13.0 Å². The number of aliphatic hydroxyl groups excluding tert-OH is 1. The third-order valence-electron chi connectivity index (χ3n) is 5.80. The minimum absolute atomic E-state index is 0.00622. The second-order valence-electron chi connectivity index (χ2n) is 8.39. The molecule has 3 N–H and O–H groups in total. The SMILES string of the molecule is O=C(NC(Cc1cc(F)cc(F)c1)C(O)CNCc1ccccc1)c1ccc(F)c2ccccc12. The fraction of sp³-hybridized carbons (Fsp3) is 0.179. The van der Waals surface area contributed by atoms with E-state index in [0.717, 1.165) is 11.6 Å². The lowest BCUT2D eigenvalue weighted by Crippen LogP contribution is -2.48. The number of fused-ring (bicyclic) bond motifs is 1. The number of hydrogen-bond acceptors (Lipinski definition) is 3. The number of nitrogens with one attached hydrogen (secondary N) is 2. The van der Waals surface area contributed by atoms with Gasteiger partial charge in [0, 0.05) is 30.1 Å². The van der Waals surface area contributed by atoms with E-state index in [-0.39, 0.29) is 18.5 Å². The molecule has 4 aromatic rings. The van der Waals surface area contributed by atoms with Gasteiger partial charge in [-0.1, -0.05) is 54.6 Å². The monoisotopic (exact) mass is 478 g/mol. The number of halogens is 3. The van der Waals surface area contributed by atoms with E-state index in [0.29, 0.717) is 22.9 Å². The number of hydrogen-bond donors (Lipinski definition) is 3. The summed E-state index contributed by atoms with van der Waals surface area (Å²) >= 11 is 0. The Labute approximate surface area is 201 Å². The highest BCUT2D eigenvalue weighted by Gasteiger charge is 2.24. The topological polar surface area (TPSA) is 61.4 Å². The molecule has 0 saturated heterocycles. The summed E-state index contributed by atoms with van der Waals surface area (Å²) in [5.41, 5.74) is 1.55. The zero-order valence-corrected chi connectivity index (χ0v) is 18.8. The van der Waals surface area contributed by atoms with Gasteiger partial charge < -0.3 is 15.7 Å². The molecular formula is C28H25F3N2O2. The lowest BCUT2D eigenvalue weighted by Gasteiger charge is -2.25. The molecule has 0 heterocycles. The Hall–Kier alpha value is -3.68. The van der Waals surface area contributed by atoms with Crippen LogP contribution in [-0.4, -0.2) is 29.7 Å². The molecule has 0 aliphatic rings. The Kier molecular flexibility index (Phi) is 7.80. The van der Waals surface area contributed by atoms with Crippen molar-refractivity contribution < 1.29 is 23.1 Å². The number of benzene rings is 4. The van der Waals surface area contributed by atoms with Gasteiger partial charge >= 0.3 is 0 Å². The third kappa shape index (κ3) is 6.26. The average molecular weight is 479 g/mol. The first kappa shape index (κ1) is 24.4. The predicted octanol–water partition coefficient (Wildman–Crippen LogP) is 4.75. The molecule has 0 aliphatic carbocycles. The van der Waals surface area contributed by atoms with Crippen molar-refractivity contribution in [3.05, 3.63) is 119 Å². The van der Waals surface area contributed by atoms with Gasteiger partial charge in [0.05, 0.1) is 12.1 Å². The molecule has 4 rings (SSSR count). The number of aliphatic hydroxyl groups is 1. The molecule has 1 amide bonds. The van der Waals surface area contributed by atoms with Crippen LogP contribution in [0.1, 0.15) is 21.5 Å². The van der Waals surface area contributed by atoms with Crippen LogP contribution in [0.15, 0.2) is 84.9 Å². The van der Waals surface area contributed by atoms with E-state index < -0.39 is 35.5 Å². The summed E-state index contributed by atoms with van der Waals surface area (Å²) in [7, 11) is 0. The van der Waals surface area contributed by atoms with Crippen molar-refractivity contribution >= 4 is 16.7 Å². The molecule has 7 heteroatoms. The van der Waals surface area contributed by atoms with Crippen LogP contribution in [0.2, 0.25) is 0 Å². The molecule has 0 aromatic heterocycles. The maximum absolute atomic E-state index is 14.2. The largest absolute Gasteiger partial charge is 0.390 e. The first-order valence-electron chi connectivity index (χ1n) is 11.3. The fourth-order valence-electron chi connectivity index (χ4n) is 4.07. The minimum Gasteiger partial charge on any atom is -0.390 e. The standard InChI is InChI=1S/C28H25F3N2O2/c29-20-12-19(13-21(30)15-20)14-26(27(34)17-32-16-18-6-2-1-3-7-18)33-28(35)24-10-11-25(31)23-9-5-4-8-22(23)24/h1-13,15,26-27,32,34H,14,16-17H2,(H,33,35). The van der Waals surface area contributed by atoms with E-state index in [1.807, 2.05) is 30.3 Å².